The average molecular weight is 454 g/mol. The Morgan fingerprint density at radius 2 is 2.00 bits per heavy atom. The van der Waals surface area contributed by atoms with E-state index in [-0.39, 0.29) is 36.4 Å². The number of carbonyl (C=O) groups is 1. The molecule has 178 valence electrons. The third-order valence-electron chi connectivity index (χ3n) is 7.21. The van der Waals surface area contributed by atoms with Gasteiger partial charge in [0.05, 0.1) is 26.8 Å². The van der Waals surface area contributed by atoms with Crippen molar-refractivity contribution in [2.24, 2.45) is 5.41 Å². The second-order valence-electron chi connectivity index (χ2n) is 9.50. The van der Waals surface area contributed by atoms with Gasteiger partial charge in [0.25, 0.3) is 0 Å². The summed E-state index contributed by atoms with van der Waals surface area (Å²) in [6, 6.07) is 12.2. The number of carbonyl (C=O) groups excluding carboxylic acids is 1. The van der Waals surface area contributed by atoms with Crippen LogP contribution in [0.15, 0.2) is 36.4 Å². The number of hydrogen-bond donors (Lipinski definition) is 1. The Balaban J connectivity index is 1.49. The molecule has 2 aliphatic rings. The fraction of sp³-hybridized carbons (Fsp3) is 0.538. The lowest BCUT2D eigenvalue weighted by molar-refractivity contribution is -0.131. The van der Waals surface area contributed by atoms with Crippen LogP contribution in [0.1, 0.15) is 43.9 Å². The Morgan fingerprint density at radius 3 is 2.67 bits per heavy atom. The Kier molecular flexibility index (Phi) is 6.79. The van der Waals surface area contributed by atoms with Gasteiger partial charge in [-0.2, -0.15) is 0 Å². The van der Waals surface area contributed by atoms with Gasteiger partial charge >= 0.3 is 0 Å². The van der Waals surface area contributed by atoms with Crippen LogP contribution < -0.4 is 14.4 Å². The lowest BCUT2D eigenvalue weighted by atomic mass is 9.74. The number of aryl methyl sites for hydroxylation is 1. The van der Waals surface area contributed by atoms with Crippen molar-refractivity contribution < 1.29 is 19.4 Å². The van der Waals surface area contributed by atoms with E-state index in [1.807, 2.05) is 36.1 Å². The minimum atomic E-state index is -0.111. The molecule has 2 unspecified atom stereocenters. The lowest BCUT2D eigenvalue weighted by Crippen LogP contribution is -2.54. The molecule has 2 saturated heterocycles. The number of likely N-dealkylation sites (tertiary alicyclic amines) is 1. The maximum atomic E-state index is 12.5. The summed E-state index contributed by atoms with van der Waals surface area (Å²) in [5.74, 6) is 2.66. The predicted octanol–water partition coefficient (Wildman–Crippen LogP) is 3.39. The highest BCUT2D eigenvalue weighted by Gasteiger charge is 2.44. The van der Waals surface area contributed by atoms with Crippen molar-refractivity contribution in [3.8, 4) is 11.5 Å². The number of hydrogen-bond acceptors (Lipinski definition) is 6. The number of ether oxygens (including phenoxy) is 2. The molecule has 2 aliphatic heterocycles. The molecule has 1 aromatic heterocycles. The molecule has 2 atom stereocenters. The summed E-state index contributed by atoms with van der Waals surface area (Å²) in [7, 11) is 1.66. The smallest absolute Gasteiger partial charge is 0.224 e. The van der Waals surface area contributed by atoms with Gasteiger partial charge in [-0.15, -0.1) is 0 Å². The Morgan fingerprint density at radius 1 is 1.21 bits per heavy atom. The summed E-state index contributed by atoms with van der Waals surface area (Å²) in [5, 5.41) is 9.19. The fourth-order valence-electron chi connectivity index (χ4n) is 4.95. The van der Waals surface area contributed by atoms with Gasteiger partial charge in [-0.3, -0.25) is 4.79 Å². The van der Waals surface area contributed by atoms with Crippen molar-refractivity contribution in [1.82, 2.24) is 9.88 Å². The quantitative estimate of drug-likeness (QED) is 0.660. The SMILES string of the molecule is CCC1(C)CN(C(=O)CCO)CC1c1ccc(OC)c(OC2CN(c3cccc(C)n3)C2)c1. The summed E-state index contributed by atoms with van der Waals surface area (Å²) in [6.07, 6.45) is 1.21. The van der Waals surface area contributed by atoms with E-state index >= 15 is 0 Å². The number of aliphatic hydroxyl groups is 1. The summed E-state index contributed by atoms with van der Waals surface area (Å²) in [6.45, 7) is 9.23. The standard InChI is InChI=1S/C26H35N3O4/c1-5-26(3)17-29(25(31)11-12-30)16-21(26)19-9-10-22(32-4)23(13-19)33-20-14-28(15-20)24-8-6-7-18(2)27-24/h6-10,13,20-21,30H,5,11-12,14-17H2,1-4H3. The number of aromatic nitrogens is 1. The molecule has 2 fully saturated rings. The van der Waals surface area contributed by atoms with Crippen LogP contribution in [0.2, 0.25) is 0 Å². The minimum Gasteiger partial charge on any atom is -0.493 e. The molecule has 0 bridgehead atoms. The predicted molar refractivity (Wildman–Crippen MR) is 128 cm³/mol. The van der Waals surface area contributed by atoms with Crippen LogP contribution in [0.3, 0.4) is 0 Å². The van der Waals surface area contributed by atoms with E-state index in [1.54, 1.807) is 7.11 Å². The van der Waals surface area contributed by atoms with Gasteiger partial charge in [-0.1, -0.05) is 26.0 Å². The number of rotatable bonds is 8. The number of pyridine rings is 1. The summed E-state index contributed by atoms with van der Waals surface area (Å²) in [4.78, 5) is 21.2. The number of amides is 1. The van der Waals surface area contributed by atoms with Crippen molar-refractivity contribution in [2.45, 2.75) is 45.6 Å². The van der Waals surface area contributed by atoms with Crippen LogP contribution in [-0.4, -0.2) is 66.9 Å². The van der Waals surface area contributed by atoms with Crippen LogP contribution in [0.25, 0.3) is 0 Å². The first-order chi connectivity index (χ1) is 15.9. The topological polar surface area (TPSA) is 75.1 Å². The highest BCUT2D eigenvalue weighted by Crippen LogP contribution is 2.47. The highest BCUT2D eigenvalue weighted by molar-refractivity contribution is 5.77. The minimum absolute atomic E-state index is 0.0176. The number of anilines is 1. The molecule has 3 heterocycles. The summed E-state index contributed by atoms with van der Waals surface area (Å²) < 4.78 is 11.9. The Labute approximate surface area is 196 Å². The fourth-order valence-corrected chi connectivity index (χ4v) is 4.95. The zero-order valence-corrected chi connectivity index (χ0v) is 20.1. The van der Waals surface area contributed by atoms with Crippen LogP contribution in [0.5, 0.6) is 11.5 Å². The van der Waals surface area contributed by atoms with Crippen molar-refractivity contribution >= 4 is 11.7 Å². The van der Waals surface area contributed by atoms with Gasteiger partial charge in [-0.05, 0) is 48.6 Å². The van der Waals surface area contributed by atoms with Crippen molar-refractivity contribution in [3.05, 3.63) is 47.7 Å². The van der Waals surface area contributed by atoms with Gasteiger partial charge in [-0.25, -0.2) is 4.98 Å². The normalized spacial score (nSPS) is 22.9. The Hall–Kier alpha value is -2.80. The largest absolute Gasteiger partial charge is 0.493 e. The third kappa shape index (κ3) is 4.78. The molecule has 1 amide bonds. The molecular formula is C26H35N3O4. The molecular weight excluding hydrogens is 418 g/mol. The second kappa shape index (κ2) is 9.59. The van der Waals surface area contributed by atoms with E-state index in [0.717, 1.165) is 48.1 Å². The van der Waals surface area contributed by atoms with E-state index in [0.29, 0.717) is 13.1 Å². The number of methoxy groups -OCH3 is 1. The van der Waals surface area contributed by atoms with Crippen LogP contribution in [0, 0.1) is 12.3 Å². The number of aliphatic hydroxyl groups excluding tert-OH is 1. The van der Waals surface area contributed by atoms with E-state index in [1.165, 1.54) is 0 Å². The van der Waals surface area contributed by atoms with E-state index < -0.39 is 0 Å². The van der Waals surface area contributed by atoms with Crippen molar-refractivity contribution in [2.75, 3.05) is 44.8 Å². The molecule has 1 aromatic carbocycles. The van der Waals surface area contributed by atoms with E-state index in [2.05, 4.69) is 35.9 Å². The van der Waals surface area contributed by atoms with Crippen LogP contribution in [0.4, 0.5) is 5.82 Å². The molecule has 1 N–H and O–H groups in total. The molecule has 0 spiro atoms. The van der Waals surface area contributed by atoms with E-state index in [4.69, 9.17) is 9.47 Å². The molecule has 33 heavy (non-hydrogen) atoms. The zero-order valence-electron chi connectivity index (χ0n) is 20.1. The summed E-state index contributed by atoms with van der Waals surface area (Å²) >= 11 is 0. The maximum Gasteiger partial charge on any atom is 0.224 e. The van der Waals surface area contributed by atoms with Gasteiger partial charge in [0.2, 0.25) is 5.91 Å². The molecule has 4 rings (SSSR count). The first-order valence-corrected chi connectivity index (χ1v) is 11.8. The number of nitrogens with zero attached hydrogens (tertiary/aromatic N) is 3. The average Bonchev–Trinajstić information content (AvgIpc) is 3.14. The zero-order chi connectivity index (χ0) is 23.6. The van der Waals surface area contributed by atoms with Crippen molar-refractivity contribution in [3.63, 3.8) is 0 Å². The monoisotopic (exact) mass is 453 g/mol. The second-order valence-corrected chi connectivity index (χ2v) is 9.50. The Bertz CT molecular complexity index is 991. The molecule has 7 heteroatoms. The number of benzene rings is 1. The van der Waals surface area contributed by atoms with Gasteiger partial charge in [0, 0.05) is 31.1 Å². The van der Waals surface area contributed by atoms with Crippen LogP contribution in [-0.2, 0) is 4.79 Å². The highest BCUT2D eigenvalue weighted by atomic mass is 16.5. The lowest BCUT2D eigenvalue weighted by Gasteiger charge is -2.40. The van der Waals surface area contributed by atoms with Crippen molar-refractivity contribution in [1.29, 1.82) is 0 Å². The first kappa shape index (κ1) is 23.4. The van der Waals surface area contributed by atoms with Crippen LogP contribution >= 0.6 is 0 Å². The molecule has 0 radical (unpaired) electrons. The van der Waals surface area contributed by atoms with E-state index in [9.17, 15) is 9.90 Å². The van der Waals surface area contributed by atoms with Gasteiger partial charge in [0.15, 0.2) is 11.5 Å². The van der Waals surface area contributed by atoms with Gasteiger partial charge < -0.3 is 24.4 Å². The molecule has 2 aromatic rings. The third-order valence-corrected chi connectivity index (χ3v) is 7.21. The first-order valence-electron chi connectivity index (χ1n) is 11.8. The maximum absolute atomic E-state index is 12.5. The molecule has 0 saturated carbocycles. The summed E-state index contributed by atoms with van der Waals surface area (Å²) in [5.41, 5.74) is 2.14. The molecule has 0 aliphatic carbocycles. The molecule has 7 nitrogen and oxygen atoms in total. The van der Waals surface area contributed by atoms with Gasteiger partial charge in [0.1, 0.15) is 11.9 Å².